The van der Waals surface area contributed by atoms with Gasteiger partial charge in [-0.1, -0.05) is 16.9 Å². The maximum atomic E-state index is 12.9. The van der Waals surface area contributed by atoms with Gasteiger partial charge in [-0.05, 0) is 17.1 Å². The summed E-state index contributed by atoms with van der Waals surface area (Å²) in [5.41, 5.74) is 6.19. The van der Waals surface area contributed by atoms with Gasteiger partial charge in [-0.2, -0.15) is 4.98 Å². The summed E-state index contributed by atoms with van der Waals surface area (Å²) in [4.78, 5) is 51.8. The molecule has 2 aromatic heterocycles. The zero-order valence-corrected chi connectivity index (χ0v) is 20.8. The van der Waals surface area contributed by atoms with Crippen LogP contribution in [0.4, 0.5) is 5.13 Å². The Morgan fingerprint density at radius 1 is 1.41 bits per heavy atom. The Balaban J connectivity index is 1.48. The van der Waals surface area contributed by atoms with E-state index in [-0.39, 0.29) is 28.2 Å². The molecule has 1 saturated heterocycles. The molecule has 13 nitrogen and oxygen atoms in total. The zero-order valence-electron chi connectivity index (χ0n) is 17.6. The number of hydrogen-bond acceptors (Lipinski definition) is 14. The molecule has 0 aliphatic carbocycles. The number of carbonyl (C=O) groups excluding carboxylic acids is 2. The number of nitrogen functional groups attached to an aromatic ring is 1. The number of aromatic nitrogens is 3. The minimum Gasteiger partial charge on any atom is -0.477 e. The predicted molar refractivity (Wildman–Crippen MR) is 127 cm³/mol. The number of oxime groups is 1. The second kappa shape index (κ2) is 10.2. The molecule has 180 valence electrons. The van der Waals surface area contributed by atoms with Gasteiger partial charge in [0.1, 0.15) is 29.9 Å². The highest BCUT2D eigenvalue weighted by Gasteiger charge is 2.54. The van der Waals surface area contributed by atoms with E-state index in [1.165, 1.54) is 42.6 Å². The number of methoxy groups -OCH3 is 1. The molecule has 34 heavy (non-hydrogen) atoms. The molecule has 0 spiro atoms. The molecule has 2 aliphatic heterocycles. The molecule has 2 aromatic rings. The third kappa shape index (κ3) is 4.68. The number of carbonyl (C=O) groups is 3. The number of nitrogens with two attached hydrogens (primary N) is 1. The Morgan fingerprint density at radius 3 is 2.82 bits per heavy atom. The van der Waals surface area contributed by atoms with Crippen LogP contribution in [0.1, 0.15) is 5.69 Å². The largest absolute Gasteiger partial charge is 0.477 e. The van der Waals surface area contributed by atoms with Crippen LogP contribution in [-0.4, -0.2) is 85.0 Å². The fraction of sp³-hybridized carbons (Fsp3) is 0.353. The predicted octanol–water partition coefficient (Wildman–Crippen LogP) is 0.467. The molecule has 4 N–H and O–H groups in total. The van der Waals surface area contributed by atoms with Crippen LogP contribution in [0.5, 0.6) is 6.01 Å². The Morgan fingerprint density at radius 2 is 2.21 bits per heavy atom. The van der Waals surface area contributed by atoms with E-state index < -0.39 is 29.2 Å². The van der Waals surface area contributed by atoms with Crippen LogP contribution < -0.4 is 15.8 Å². The van der Waals surface area contributed by atoms with Crippen molar-refractivity contribution in [1.29, 1.82) is 0 Å². The van der Waals surface area contributed by atoms with E-state index in [1.807, 2.05) is 0 Å². The van der Waals surface area contributed by atoms with E-state index in [9.17, 15) is 19.5 Å². The van der Waals surface area contributed by atoms with E-state index in [4.69, 9.17) is 15.3 Å². The first kappa shape index (κ1) is 24.2. The lowest BCUT2D eigenvalue weighted by atomic mass is 10.0. The van der Waals surface area contributed by atoms with Gasteiger partial charge in [0.2, 0.25) is 0 Å². The highest BCUT2D eigenvalue weighted by molar-refractivity contribution is 8.01. The second-order valence-electron chi connectivity index (χ2n) is 6.65. The van der Waals surface area contributed by atoms with Gasteiger partial charge >= 0.3 is 12.0 Å². The molecule has 0 radical (unpaired) electrons. The SMILES string of the molecule is CON=C(C(=O)NC1C(=O)N2C(C(=O)O)=C(CSc3nc(OC)ns3)CS[C@H]12)c1csc(N)n1. The monoisotopic (exact) mass is 543 g/mol. The highest BCUT2D eigenvalue weighted by atomic mass is 32.2. The molecule has 0 saturated carbocycles. The van der Waals surface area contributed by atoms with E-state index in [0.717, 1.165) is 22.9 Å². The number of aliphatic carboxylic acids is 1. The second-order valence-corrected chi connectivity index (χ2v) is 10.6. The van der Waals surface area contributed by atoms with Gasteiger partial charge in [0.05, 0.1) is 7.11 Å². The number of hydrogen-bond donors (Lipinski definition) is 3. The van der Waals surface area contributed by atoms with Crippen molar-refractivity contribution in [2.45, 2.75) is 15.8 Å². The van der Waals surface area contributed by atoms with E-state index >= 15 is 0 Å². The van der Waals surface area contributed by atoms with Crippen molar-refractivity contribution in [2.75, 3.05) is 31.5 Å². The summed E-state index contributed by atoms with van der Waals surface area (Å²) in [6, 6.07) is -0.683. The average Bonchev–Trinajstić information content (AvgIpc) is 3.47. The Bertz CT molecular complexity index is 1190. The fourth-order valence-electron chi connectivity index (χ4n) is 3.18. The summed E-state index contributed by atoms with van der Waals surface area (Å²) >= 11 is 4.94. The van der Waals surface area contributed by atoms with Crippen LogP contribution in [0.3, 0.4) is 0 Å². The fourth-order valence-corrected chi connectivity index (χ4v) is 6.78. The van der Waals surface area contributed by atoms with Crippen LogP contribution in [0.2, 0.25) is 0 Å². The van der Waals surface area contributed by atoms with Crippen LogP contribution in [0.15, 0.2) is 26.1 Å². The topological polar surface area (TPSA) is 182 Å². The quantitative estimate of drug-likeness (QED) is 0.172. The van der Waals surface area contributed by atoms with E-state index in [0.29, 0.717) is 21.4 Å². The van der Waals surface area contributed by atoms with Crippen molar-refractivity contribution in [3.05, 3.63) is 22.3 Å². The number of β-lactam (4-membered cyclic amide) rings is 1. The van der Waals surface area contributed by atoms with Crippen molar-refractivity contribution < 1.29 is 29.1 Å². The maximum absolute atomic E-state index is 12.9. The molecule has 4 rings (SSSR count). The number of rotatable bonds is 9. The summed E-state index contributed by atoms with van der Waals surface area (Å²) in [6.45, 7) is 0. The summed E-state index contributed by atoms with van der Waals surface area (Å²) < 4.78 is 9.58. The summed E-state index contributed by atoms with van der Waals surface area (Å²) in [5.74, 6) is -1.74. The number of thiazole rings is 1. The molecule has 2 atom stereocenters. The smallest absolute Gasteiger partial charge is 0.352 e. The highest BCUT2D eigenvalue weighted by Crippen LogP contribution is 2.41. The Hall–Kier alpha value is -2.89. The number of amides is 2. The summed E-state index contributed by atoms with van der Waals surface area (Å²) in [7, 11) is 2.73. The third-order valence-electron chi connectivity index (χ3n) is 4.64. The molecule has 2 amide bonds. The Labute approximate surface area is 208 Å². The minimum absolute atomic E-state index is 0.0821. The molecular formula is C17H17N7O6S4. The Kier molecular flexibility index (Phi) is 7.24. The molecule has 0 bridgehead atoms. The molecule has 0 aromatic carbocycles. The number of anilines is 1. The van der Waals surface area contributed by atoms with Crippen LogP contribution in [0.25, 0.3) is 0 Å². The van der Waals surface area contributed by atoms with Crippen LogP contribution in [-0.2, 0) is 19.2 Å². The van der Waals surface area contributed by atoms with Crippen molar-refractivity contribution >= 4 is 75.0 Å². The van der Waals surface area contributed by atoms with E-state index in [2.05, 4.69) is 24.8 Å². The van der Waals surface area contributed by atoms with Gasteiger partial charge in [0.25, 0.3) is 11.8 Å². The normalized spacial score (nSPS) is 20.0. The maximum Gasteiger partial charge on any atom is 0.352 e. The first-order chi connectivity index (χ1) is 16.3. The van der Waals surface area contributed by atoms with Crippen molar-refractivity contribution in [3.8, 4) is 6.01 Å². The summed E-state index contributed by atoms with van der Waals surface area (Å²) in [6.07, 6.45) is 0. The zero-order chi connectivity index (χ0) is 24.4. The van der Waals surface area contributed by atoms with Crippen molar-refractivity contribution in [1.82, 2.24) is 24.6 Å². The van der Waals surface area contributed by atoms with Crippen LogP contribution >= 0.6 is 46.4 Å². The van der Waals surface area contributed by atoms with Crippen LogP contribution in [0, 0.1) is 0 Å². The standard InChI is InChI=1S/C17H17N7O6S4/c1-29-16-21-17(34-23-16)33-4-6-3-31-13-9(12(26)24(13)10(6)14(27)28)20-11(25)8(22-30-2)7-5-32-15(18)19-7/h5,9,13H,3-4H2,1-2H3,(H2,18,19)(H,20,25)(H,27,28)/t9?,13-/m1/s1. The van der Waals surface area contributed by atoms with Gasteiger partial charge in [-0.15, -0.1) is 27.5 Å². The lowest BCUT2D eigenvalue weighted by Crippen LogP contribution is -2.71. The summed E-state index contributed by atoms with van der Waals surface area (Å²) in [5, 5.41) is 17.3. The first-order valence-electron chi connectivity index (χ1n) is 9.38. The van der Waals surface area contributed by atoms with Crippen molar-refractivity contribution in [2.24, 2.45) is 5.16 Å². The van der Waals surface area contributed by atoms with Gasteiger partial charge < -0.3 is 25.7 Å². The van der Waals surface area contributed by atoms with Gasteiger partial charge in [0.15, 0.2) is 15.2 Å². The first-order valence-corrected chi connectivity index (χ1v) is 13.1. The van der Waals surface area contributed by atoms with Crippen molar-refractivity contribution in [3.63, 3.8) is 0 Å². The van der Waals surface area contributed by atoms with E-state index in [1.54, 1.807) is 5.38 Å². The lowest BCUT2D eigenvalue weighted by molar-refractivity contribution is -0.150. The number of fused-ring (bicyclic) bond motifs is 1. The van der Waals surface area contributed by atoms with Gasteiger partial charge in [0, 0.05) is 16.9 Å². The molecule has 2 aliphatic rings. The number of nitrogens with zero attached hydrogens (tertiary/aromatic N) is 5. The number of nitrogens with one attached hydrogen (secondary N) is 1. The number of carboxylic acids is 1. The number of thioether (sulfide) groups is 2. The van der Waals surface area contributed by atoms with Gasteiger partial charge in [-0.3, -0.25) is 14.5 Å². The minimum atomic E-state index is -1.21. The molecular weight excluding hydrogens is 526 g/mol. The average molecular weight is 544 g/mol. The molecule has 17 heteroatoms. The van der Waals surface area contributed by atoms with Gasteiger partial charge in [-0.25, -0.2) is 9.78 Å². The lowest BCUT2D eigenvalue weighted by Gasteiger charge is -2.49. The third-order valence-corrected chi connectivity index (χ3v) is 8.56. The molecule has 4 heterocycles. The number of carboxylic acid groups (broad SMARTS) is 1. The molecule has 1 unspecified atom stereocenters. The molecule has 1 fully saturated rings. The number of ether oxygens (including phenoxy) is 1.